The first-order valence-electron chi connectivity index (χ1n) is 8.02. The lowest BCUT2D eigenvalue weighted by molar-refractivity contribution is 0.0391. The van der Waals surface area contributed by atoms with Crippen LogP contribution in [0, 0.1) is 5.92 Å². The summed E-state index contributed by atoms with van der Waals surface area (Å²) in [4.78, 5) is 2.65. The molecular weight excluding hydrogens is 220 g/mol. The largest absolute Gasteiger partial charge is 0.329 e. The minimum absolute atomic E-state index is 0.251. The molecule has 18 heavy (non-hydrogen) atoms. The SMILES string of the molecule is CCCCC(CC)(CN)N(C)C1CCC(C)CC1. The lowest BCUT2D eigenvalue weighted by atomic mass is 9.81. The summed E-state index contributed by atoms with van der Waals surface area (Å²) < 4.78 is 0. The lowest BCUT2D eigenvalue weighted by Crippen LogP contribution is -2.56. The monoisotopic (exact) mass is 254 g/mol. The van der Waals surface area contributed by atoms with Gasteiger partial charge in [0.25, 0.3) is 0 Å². The number of unbranched alkanes of at least 4 members (excludes halogenated alkanes) is 1. The van der Waals surface area contributed by atoms with E-state index < -0.39 is 0 Å². The maximum absolute atomic E-state index is 6.15. The Hall–Kier alpha value is -0.0800. The predicted molar refractivity (Wildman–Crippen MR) is 80.8 cm³/mol. The van der Waals surface area contributed by atoms with Crippen LogP contribution in [0.15, 0.2) is 0 Å². The molecule has 0 radical (unpaired) electrons. The van der Waals surface area contributed by atoms with Crippen LogP contribution in [-0.4, -0.2) is 30.1 Å². The highest BCUT2D eigenvalue weighted by Gasteiger charge is 2.35. The van der Waals surface area contributed by atoms with Crippen LogP contribution < -0.4 is 5.73 Å². The molecule has 0 heterocycles. The fourth-order valence-corrected chi connectivity index (χ4v) is 3.52. The first-order chi connectivity index (χ1) is 8.59. The molecule has 0 aliphatic heterocycles. The van der Waals surface area contributed by atoms with Crippen LogP contribution in [0.5, 0.6) is 0 Å². The lowest BCUT2D eigenvalue weighted by Gasteiger charge is -2.47. The van der Waals surface area contributed by atoms with Crippen molar-refractivity contribution in [1.29, 1.82) is 0 Å². The Bertz CT molecular complexity index is 215. The number of nitrogens with zero attached hydrogens (tertiary/aromatic N) is 1. The molecule has 0 aromatic carbocycles. The second-order valence-electron chi connectivity index (χ2n) is 6.41. The second kappa shape index (κ2) is 7.49. The van der Waals surface area contributed by atoms with Crippen molar-refractivity contribution < 1.29 is 0 Å². The van der Waals surface area contributed by atoms with Crippen LogP contribution in [0.1, 0.15) is 72.1 Å². The smallest absolute Gasteiger partial charge is 0.0329 e. The van der Waals surface area contributed by atoms with E-state index in [9.17, 15) is 0 Å². The number of hydrogen-bond donors (Lipinski definition) is 1. The van der Waals surface area contributed by atoms with Crippen LogP contribution in [0.3, 0.4) is 0 Å². The quantitative estimate of drug-likeness (QED) is 0.749. The zero-order valence-electron chi connectivity index (χ0n) is 13.0. The average molecular weight is 254 g/mol. The summed E-state index contributed by atoms with van der Waals surface area (Å²) in [6.07, 6.45) is 10.6. The van der Waals surface area contributed by atoms with Crippen LogP contribution in [-0.2, 0) is 0 Å². The van der Waals surface area contributed by atoms with Crippen molar-refractivity contribution in [2.45, 2.75) is 83.7 Å². The van der Waals surface area contributed by atoms with Crippen molar-refractivity contribution in [3.05, 3.63) is 0 Å². The van der Waals surface area contributed by atoms with Gasteiger partial charge in [0.15, 0.2) is 0 Å². The first kappa shape index (κ1) is 16.0. The van der Waals surface area contributed by atoms with E-state index in [0.717, 1.165) is 18.5 Å². The number of likely N-dealkylation sites (N-methyl/N-ethyl adjacent to an activating group) is 1. The van der Waals surface area contributed by atoms with Crippen molar-refractivity contribution in [2.75, 3.05) is 13.6 Å². The minimum Gasteiger partial charge on any atom is -0.329 e. The molecule has 1 rings (SSSR count). The molecule has 0 aromatic heterocycles. The van der Waals surface area contributed by atoms with Gasteiger partial charge in [0.1, 0.15) is 0 Å². The number of nitrogens with two attached hydrogens (primary N) is 1. The highest BCUT2D eigenvalue weighted by atomic mass is 15.2. The Labute approximate surface area is 114 Å². The maximum atomic E-state index is 6.15. The molecule has 2 N–H and O–H groups in total. The molecule has 0 spiro atoms. The van der Waals surface area contributed by atoms with E-state index in [2.05, 4.69) is 32.7 Å². The zero-order valence-corrected chi connectivity index (χ0v) is 13.0. The van der Waals surface area contributed by atoms with Crippen molar-refractivity contribution in [3.63, 3.8) is 0 Å². The number of rotatable bonds is 7. The van der Waals surface area contributed by atoms with Gasteiger partial charge >= 0.3 is 0 Å². The molecule has 2 heteroatoms. The summed E-state index contributed by atoms with van der Waals surface area (Å²) in [5, 5.41) is 0. The topological polar surface area (TPSA) is 29.3 Å². The standard InChI is InChI=1S/C16H34N2/c1-5-7-12-16(6-2,13-17)18(4)15-10-8-14(3)9-11-15/h14-15H,5-13,17H2,1-4H3. The van der Waals surface area contributed by atoms with Crippen LogP contribution >= 0.6 is 0 Å². The summed E-state index contributed by atoms with van der Waals surface area (Å²) in [6, 6.07) is 0.765. The van der Waals surface area contributed by atoms with Crippen molar-refractivity contribution in [3.8, 4) is 0 Å². The molecule has 0 bridgehead atoms. The van der Waals surface area contributed by atoms with Gasteiger partial charge in [-0.05, 0) is 51.5 Å². The molecule has 1 atom stereocenters. The van der Waals surface area contributed by atoms with Gasteiger partial charge < -0.3 is 5.73 Å². The third-order valence-electron chi connectivity index (χ3n) is 5.32. The molecule has 0 aromatic rings. The van der Waals surface area contributed by atoms with Crippen LogP contribution in [0.4, 0.5) is 0 Å². The summed E-state index contributed by atoms with van der Waals surface area (Å²) in [5.74, 6) is 0.930. The Morgan fingerprint density at radius 2 is 1.78 bits per heavy atom. The fourth-order valence-electron chi connectivity index (χ4n) is 3.52. The Morgan fingerprint density at radius 1 is 1.17 bits per heavy atom. The van der Waals surface area contributed by atoms with E-state index in [1.54, 1.807) is 0 Å². The molecule has 0 amide bonds. The molecule has 1 unspecified atom stereocenters. The first-order valence-corrected chi connectivity index (χ1v) is 8.02. The molecule has 1 aliphatic rings. The van der Waals surface area contributed by atoms with Gasteiger partial charge in [0.05, 0.1) is 0 Å². The van der Waals surface area contributed by atoms with E-state index in [-0.39, 0.29) is 5.54 Å². The molecular formula is C16H34N2. The maximum Gasteiger partial charge on any atom is 0.0329 e. The highest BCUT2D eigenvalue weighted by Crippen LogP contribution is 2.33. The van der Waals surface area contributed by atoms with Gasteiger partial charge in [0.2, 0.25) is 0 Å². The second-order valence-corrected chi connectivity index (χ2v) is 6.41. The molecule has 1 aliphatic carbocycles. The summed E-state index contributed by atoms with van der Waals surface area (Å²) in [5.41, 5.74) is 6.40. The molecule has 1 saturated carbocycles. The normalized spacial score (nSPS) is 28.3. The van der Waals surface area contributed by atoms with E-state index in [1.807, 2.05) is 0 Å². The summed E-state index contributed by atoms with van der Waals surface area (Å²) in [6.45, 7) is 7.79. The Morgan fingerprint density at radius 3 is 2.22 bits per heavy atom. The third kappa shape index (κ3) is 3.71. The zero-order chi connectivity index (χ0) is 13.6. The van der Waals surface area contributed by atoms with E-state index in [4.69, 9.17) is 5.73 Å². The van der Waals surface area contributed by atoms with Crippen molar-refractivity contribution in [1.82, 2.24) is 4.90 Å². The molecule has 108 valence electrons. The van der Waals surface area contributed by atoms with E-state index in [0.29, 0.717) is 0 Å². The van der Waals surface area contributed by atoms with Gasteiger partial charge in [-0.3, -0.25) is 4.90 Å². The van der Waals surface area contributed by atoms with Gasteiger partial charge in [-0.15, -0.1) is 0 Å². The van der Waals surface area contributed by atoms with Gasteiger partial charge in [-0.25, -0.2) is 0 Å². The summed E-state index contributed by atoms with van der Waals surface area (Å²) in [7, 11) is 2.33. The number of hydrogen-bond acceptors (Lipinski definition) is 2. The predicted octanol–water partition coefficient (Wildman–Crippen LogP) is 3.79. The van der Waals surface area contributed by atoms with E-state index >= 15 is 0 Å². The van der Waals surface area contributed by atoms with Crippen LogP contribution in [0.2, 0.25) is 0 Å². The molecule has 0 saturated heterocycles. The highest BCUT2D eigenvalue weighted by molar-refractivity contribution is 4.93. The van der Waals surface area contributed by atoms with Gasteiger partial charge in [-0.2, -0.15) is 0 Å². The molecule has 2 nitrogen and oxygen atoms in total. The average Bonchev–Trinajstić information content (AvgIpc) is 2.41. The van der Waals surface area contributed by atoms with Crippen LogP contribution in [0.25, 0.3) is 0 Å². The summed E-state index contributed by atoms with van der Waals surface area (Å²) >= 11 is 0. The van der Waals surface area contributed by atoms with Crippen molar-refractivity contribution >= 4 is 0 Å². The van der Waals surface area contributed by atoms with Crippen molar-refractivity contribution in [2.24, 2.45) is 11.7 Å². The Kier molecular flexibility index (Phi) is 6.65. The fraction of sp³-hybridized carbons (Fsp3) is 1.00. The minimum atomic E-state index is 0.251. The van der Waals surface area contributed by atoms with Gasteiger partial charge in [-0.1, -0.05) is 33.6 Å². The third-order valence-corrected chi connectivity index (χ3v) is 5.32. The molecule has 1 fully saturated rings. The van der Waals surface area contributed by atoms with Gasteiger partial charge in [0, 0.05) is 18.1 Å². The Balaban J connectivity index is 2.65. The van der Waals surface area contributed by atoms with E-state index in [1.165, 1.54) is 51.4 Å².